The van der Waals surface area contributed by atoms with Gasteiger partial charge in [-0.25, -0.2) is 0 Å². The first-order chi connectivity index (χ1) is 11.0. The van der Waals surface area contributed by atoms with Gasteiger partial charge in [0.1, 0.15) is 0 Å². The van der Waals surface area contributed by atoms with Gasteiger partial charge in [0.2, 0.25) is 5.91 Å². The molecule has 1 aliphatic carbocycles. The second-order valence-electron chi connectivity index (χ2n) is 7.01. The van der Waals surface area contributed by atoms with E-state index in [9.17, 15) is 4.79 Å². The number of nitrogens with zero attached hydrogens (tertiary/aromatic N) is 1. The molecule has 0 aliphatic heterocycles. The Labute approximate surface area is 140 Å². The highest BCUT2D eigenvalue weighted by Crippen LogP contribution is 2.26. The number of nitrogens with one attached hydrogen (secondary N) is 1. The molecule has 0 saturated heterocycles. The predicted molar refractivity (Wildman–Crippen MR) is 95.0 cm³/mol. The summed E-state index contributed by atoms with van der Waals surface area (Å²) in [5.41, 5.74) is 7.06. The van der Waals surface area contributed by atoms with Crippen molar-refractivity contribution in [2.45, 2.75) is 77.2 Å². The normalized spacial score (nSPS) is 23.0. The van der Waals surface area contributed by atoms with Crippen molar-refractivity contribution in [2.24, 2.45) is 5.73 Å². The summed E-state index contributed by atoms with van der Waals surface area (Å²) < 4.78 is 0. The van der Waals surface area contributed by atoms with Gasteiger partial charge in [0.25, 0.3) is 0 Å². The smallest absolute Gasteiger partial charge is 0.236 e. The summed E-state index contributed by atoms with van der Waals surface area (Å²) in [4.78, 5) is 14.6. The van der Waals surface area contributed by atoms with Crippen molar-refractivity contribution in [2.75, 3.05) is 0 Å². The molecule has 23 heavy (non-hydrogen) atoms. The number of hydrogen-bond donors (Lipinski definition) is 2. The maximum absolute atomic E-state index is 12.1. The van der Waals surface area contributed by atoms with Gasteiger partial charge in [-0.1, -0.05) is 43.2 Å². The van der Waals surface area contributed by atoms with E-state index in [1.165, 1.54) is 18.4 Å². The first kappa shape index (κ1) is 18.0. The highest BCUT2D eigenvalue weighted by atomic mass is 16.2. The molecule has 1 aliphatic rings. The topological polar surface area (TPSA) is 58.4 Å². The van der Waals surface area contributed by atoms with E-state index in [2.05, 4.69) is 54.4 Å². The van der Waals surface area contributed by atoms with Crippen LogP contribution in [0.1, 0.15) is 52.0 Å². The Bertz CT molecular complexity index is 487. The van der Waals surface area contributed by atoms with E-state index >= 15 is 0 Å². The maximum atomic E-state index is 12.1. The molecule has 1 aromatic rings. The Morgan fingerprint density at radius 3 is 2.48 bits per heavy atom. The number of hydrogen-bond acceptors (Lipinski definition) is 3. The third-order valence-corrected chi connectivity index (χ3v) is 4.77. The van der Waals surface area contributed by atoms with Crippen molar-refractivity contribution in [1.82, 2.24) is 10.2 Å². The molecule has 1 saturated carbocycles. The highest BCUT2D eigenvalue weighted by Gasteiger charge is 2.32. The van der Waals surface area contributed by atoms with Gasteiger partial charge in [0.15, 0.2) is 0 Å². The fourth-order valence-electron chi connectivity index (χ4n) is 3.47. The molecule has 1 fully saturated rings. The quantitative estimate of drug-likeness (QED) is 0.848. The molecule has 1 amide bonds. The lowest BCUT2D eigenvalue weighted by molar-refractivity contribution is -0.123. The molecule has 0 bridgehead atoms. The summed E-state index contributed by atoms with van der Waals surface area (Å²) in [6, 6.07) is 11.2. The van der Waals surface area contributed by atoms with Crippen molar-refractivity contribution in [3.63, 3.8) is 0 Å². The van der Waals surface area contributed by atoms with Crippen LogP contribution in [-0.4, -0.2) is 35.0 Å². The van der Waals surface area contributed by atoms with E-state index in [0.717, 1.165) is 19.4 Å². The summed E-state index contributed by atoms with van der Waals surface area (Å²) in [6.45, 7) is 7.15. The third-order valence-electron chi connectivity index (χ3n) is 4.77. The molecule has 2 rings (SSSR count). The zero-order chi connectivity index (χ0) is 16.8. The van der Waals surface area contributed by atoms with Crippen LogP contribution in [0, 0.1) is 0 Å². The van der Waals surface area contributed by atoms with E-state index in [4.69, 9.17) is 5.73 Å². The first-order valence-electron chi connectivity index (χ1n) is 8.84. The number of rotatable bonds is 6. The Morgan fingerprint density at radius 2 is 1.87 bits per heavy atom. The second kappa shape index (κ2) is 8.46. The van der Waals surface area contributed by atoms with E-state index in [1.54, 1.807) is 6.92 Å². The fourth-order valence-corrected chi connectivity index (χ4v) is 3.47. The Balaban J connectivity index is 2.12. The number of benzene rings is 1. The van der Waals surface area contributed by atoms with Crippen molar-refractivity contribution < 1.29 is 4.79 Å². The predicted octanol–water partition coefficient (Wildman–Crippen LogP) is 2.67. The van der Waals surface area contributed by atoms with Crippen molar-refractivity contribution >= 4 is 5.91 Å². The molecular formula is C19H31N3O. The van der Waals surface area contributed by atoms with Crippen LogP contribution in [0.4, 0.5) is 0 Å². The summed E-state index contributed by atoms with van der Waals surface area (Å²) >= 11 is 0. The van der Waals surface area contributed by atoms with Crippen LogP contribution < -0.4 is 11.1 Å². The van der Waals surface area contributed by atoms with Gasteiger partial charge in [-0.3, -0.25) is 9.69 Å². The zero-order valence-electron chi connectivity index (χ0n) is 14.7. The summed E-state index contributed by atoms with van der Waals surface area (Å²) in [6.07, 6.45) is 4.58. The van der Waals surface area contributed by atoms with Crippen LogP contribution in [-0.2, 0) is 11.3 Å². The van der Waals surface area contributed by atoms with Gasteiger partial charge in [-0.2, -0.15) is 0 Å². The van der Waals surface area contributed by atoms with Crippen LogP contribution in [0.15, 0.2) is 30.3 Å². The van der Waals surface area contributed by atoms with Gasteiger partial charge in [-0.15, -0.1) is 0 Å². The molecule has 1 aromatic carbocycles. The monoisotopic (exact) mass is 317 g/mol. The molecule has 0 spiro atoms. The maximum Gasteiger partial charge on any atom is 0.236 e. The van der Waals surface area contributed by atoms with Crippen LogP contribution >= 0.6 is 0 Å². The van der Waals surface area contributed by atoms with Crippen molar-refractivity contribution in [3.8, 4) is 0 Å². The van der Waals surface area contributed by atoms with Gasteiger partial charge >= 0.3 is 0 Å². The summed E-state index contributed by atoms with van der Waals surface area (Å²) in [5.74, 6) is -0.0367. The molecule has 0 aromatic heterocycles. The molecule has 0 radical (unpaired) electrons. The minimum atomic E-state index is -0.445. The molecule has 128 valence electrons. The minimum Gasteiger partial charge on any atom is -0.350 e. The Kier molecular flexibility index (Phi) is 6.60. The lowest BCUT2D eigenvalue weighted by Gasteiger charge is -2.42. The van der Waals surface area contributed by atoms with E-state index in [1.807, 2.05) is 0 Å². The zero-order valence-corrected chi connectivity index (χ0v) is 14.7. The average molecular weight is 317 g/mol. The SMILES string of the molecule is CC(C)N(Cc1ccccc1)[C@H]1CCCC[C@H]1NC(=O)[C@H](C)N. The van der Waals surface area contributed by atoms with Crippen molar-refractivity contribution in [3.05, 3.63) is 35.9 Å². The van der Waals surface area contributed by atoms with Crippen molar-refractivity contribution in [1.29, 1.82) is 0 Å². The summed E-state index contributed by atoms with van der Waals surface area (Å²) in [7, 11) is 0. The molecule has 0 unspecified atom stereocenters. The highest BCUT2D eigenvalue weighted by molar-refractivity contribution is 5.81. The number of carbonyl (C=O) groups excluding carboxylic acids is 1. The van der Waals surface area contributed by atoms with Crippen LogP contribution in [0.25, 0.3) is 0 Å². The third kappa shape index (κ3) is 5.05. The lowest BCUT2D eigenvalue weighted by atomic mass is 9.88. The standard InChI is InChI=1S/C19H31N3O/c1-14(2)22(13-16-9-5-4-6-10-16)18-12-8-7-11-17(18)21-19(23)15(3)20/h4-6,9-10,14-15,17-18H,7-8,11-13,20H2,1-3H3,(H,21,23)/t15-,17+,18-/m0/s1. The van der Waals surface area contributed by atoms with E-state index < -0.39 is 6.04 Å². The van der Waals surface area contributed by atoms with Crippen LogP contribution in [0.5, 0.6) is 0 Å². The number of amides is 1. The molecular weight excluding hydrogens is 286 g/mol. The Morgan fingerprint density at radius 1 is 1.22 bits per heavy atom. The van der Waals surface area contributed by atoms with Gasteiger partial charge in [0.05, 0.1) is 6.04 Å². The molecule has 0 heterocycles. The largest absolute Gasteiger partial charge is 0.350 e. The number of carbonyl (C=O) groups is 1. The average Bonchev–Trinajstić information content (AvgIpc) is 2.54. The van der Waals surface area contributed by atoms with E-state index in [-0.39, 0.29) is 11.9 Å². The fraction of sp³-hybridized carbons (Fsp3) is 0.632. The Hall–Kier alpha value is -1.39. The van der Waals surface area contributed by atoms with E-state index in [0.29, 0.717) is 12.1 Å². The van der Waals surface area contributed by atoms with Gasteiger partial charge in [-0.05, 0) is 39.2 Å². The molecule has 3 atom stereocenters. The number of nitrogens with two attached hydrogens (primary N) is 1. The van der Waals surface area contributed by atoms with Gasteiger partial charge in [0, 0.05) is 24.7 Å². The lowest BCUT2D eigenvalue weighted by Crippen LogP contribution is -2.56. The molecule has 4 heteroatoms. The first-order valence-corrected chi connectivity index (χ1v) is 8.84. The van der Waals surface area contributed by atoms with Crippen LogP contribution in [0.2, 0.25) is 0 Å². The minimum absolute atomic E-state index is 0.0367. The molecule has 3 N–H and O–H groups in total. The van der Waals surface area contributed by atoms with Gasteiger partial charge < -0.3 is 11.1 Å². The molecule has 4 nitrogen and oxygen atoms in total. The van der Waals surface area contributed by atoms with Crippen LogP contribution in [0.3, 0.4) is 0 Å². The summed E-state index contributed by atoms with van der Waals surface area (Å²) in [5, 5.41) is 3.18. The second-order valence-corrected chi connectivity index (χ2v) is 7.01.